The molecule has 0 aliphatic heterocycles. The molecule has 0 bridgehead atoms. The maximum atomic E-state index is 11.7. The van der Waals surface area contributed by atoms with Gasteiger partial charge >= 0.3 is 12.0 Å². The van der Waals surface area contributed by atoms with Crippen LogP contribution in [0.4, 0.5) is 4.79 Å². The molecule has 1 unspecified atom stereocenters. The van der Waals surface area contributed by atoms with E-state index in [1.54, 1.807) is 7.05 Å². The van der Waals surface area contributed by atoms with Crippen molar-refractivity contribution in [2.75, 3.05) is 7.05 Å². The van der Waals surface area contributed by atoms with Crippen LogP contribution in [0.25, 0.3) is 0 Å². The van der Waals surface area contributed by atoms with Gasteiger partial charge < -0.3 is 15.3 Å². The monoisotopic (exact) mass is 230 g/mol. The first-order valence-electron chi connectivity index (χ1n) is 5.57. The number of rotatable bonds is 5. The third-order valence-electron chi connectivity index (χ3n) is 2.85. The van der Waals surface area contributed by atoms with Gasteiger partial charge in [-0.1, -0.05) is 20.3 Å². The first-order chi connectivity index (χ1) is 7.31. The predicted octanol–water partition coefficient (Wildman–Crippen LogP) is 1.54. The van der Waals surface area contributed by atoms with E-state index in [-0.39, 0.29) is 18.0 Å². The second-order valence-corrected chi connectivity index (χ2v) is 4.36. The van der Waals surface area contributed by atoms with E-state index in [4.69, 9.17) is 5.11 Å². The predicted molar refractivity (Wildman–Crippen MR) is 62.3 cm³/mol. The third kappa shape index (κ3) is 4.08. The number of carbonyl (C=O) groups is 2. The topological polar surface area (TPSA) is 69.6 Å². The number of hydrogen-bond donors (Lipinski definition) is 2. The first kappa shape index (κ1) is 14.7. The quantitative estimate of drug-likeness (QED) is 0.752. The molecule has 0 aromatic heterocycles. The summed E-state index contributed by atoms with van der Waals surface area (Å²) >= 11 is 0. The number of nitrogens with one attached hydrogen (secondary N) is 1. The molecule has 5 nitrogen and oxygen atoms in total. The van der Waals surface area contributed by atoms with Crippen molar-refractivity contribution >= 4 is 12.0 Å². The van der Waals surface area contributed by atoms with Crippen LogP contribution in [0.3, 0.4) is 0 Å². The summed E-state index contributed by atoms with van der Waals surface area (Å²) in [5.41, 5.74) is 0. The molecule has 0 saturated carbocycles. The Bertz CT molecular complexity index is 254. The molecule has 2 amide bonds. The number of carboxylic acids is 1. The first-order valence-corrected chi connectivity index (χ1v) is 5.57. The molecule has 0 spiro atoms. The third-order valence-corrected chi connectivity index (χ3v) is 2.85. The highest BCUT2D eigenvalue weighted by molar-refractivity contribution is 5.82. The van der Waals surface area contributed by atoms with Crippen LogP contribution >= 0.6 is 0 Å². The van der Waals surface area contributed by atoms with Crippen molar-refractivity contribution in [2.24, 2.45) is 5.92 Å². The van der Waals surface area contributed by atoms with E-state index in [2.05, 4.69) is 5.32 Å². The molecular weight excluding hydrogens is 208 g/mol. The Morgan fingerprint density at radius 1 is 1.31 bits per heavy atom. The molecule has 0 radical (unpaired) electrons. The summed E-state index contributed by atoms with van der Waals surface area (Å²) in [5.74, 6) is -1.07. The largest absolute Gasteiger partial charge is 0.480 e. The Morgan fingerprint density at radius 2 is 1.81 bits per heavy atom. The molecule has 0 aliphatic carbocycles. The van der Waals surface area contributed by atoms with Gasteiger partial charge in [0.15, 0.2) is 0 Å². The van der Waals surface area contributed by atoms with Gasteiger partial charge in [-0.05, 0) is 19.8 Å². The van der Waals surface area contributed by atoms with Gasteiger partial charge in [-0.3, -0.25) is 0 Å². The van der Waals surface area contributed by atoms with Gasteiger partial charge in [0.1, 0.15) is 6.04 Å². The van der Waals surface area contributed by atoms with Crippen LogP contribution in [0.5, 0.6) is 0 Å². The van der Waals surface area contributed by atoms with Crippen molar-refractivity contribution in [3.05, 3.63) is 0 Å². The highest BCUT2D eigenvalue weighted by Gasteiger charge is 2.26. The molecule has 94 valence electrons. The molecule has 5 heteroatoms. The van der Waals surface area contributed by atoms with Crippen molar-refractivity contribution in [1.82, 2.24) is 10.2 Å². The molecule has 0 heterocycles. The number of carboxylic acid groups (broad SMARTS) is 1. The van der Waals surface area contributed by atoms with Gasteiger partial charge in [0, 0.05) is 13.1 Å². The lowest BCUT2D eigenvalue weighted by Crippen LogP contribution is -2.51. The van der Waals surface area contributed by atoms with Crippen LogP contribution < -0.4 is 5.32 Å². The summed E-state index contributed by atoms with van der Waals surface area (Å²) in [6.07, 6.45) is 0.711. The zero-order chi connectivity index (χ0) is 12.9. The fourth-order valence-electron chi connectivity index (χ4n) is 1.15. The van der Waals surface area contributed by atoms with Crippen molar-refractivity contribution in [3.63, 3.8) is 0 Å². The molecule has 0 fully saturated rings. The number of carbonyl (C=O) groups excluding carboxylic acids is 1. The lowest BCUT2D eigenvalue weighted by molar-refractivity contribution is -0.140. The van der Waals surface area contributed by atoms with Gasteiger partial charge in [0.2, 0.25) is 0 Å². The van der Waals surface area contributed by atoms with Crippen LogP contribution in [0.2, 0.25) is 0 Å². The molecule has 0 saturated heterocycles. The minimum absolute atomic E-state index is 0.0476. The average Bonchev–Trinajstić information content (AvgIpc) is 2.22. The fraction of sp³-hybridized carbons (Fsp3) is 0.818. The highest BCUT2D eigenvalue weighted by Crippen LogP contribution is 2.08. The summed E-state index contributed by atoms with van der Waals surface area (Å²) in [6.45, 7) is 7.46. The van der Waals surface area contributed by atoms with Crippen LogP contribution in [-0.2, 0) is 4.79 Å². The Hall–Kier alpha value is -1.26. The molecule has 0 aliphatic rings. The molecule has 0 aromatic rings. The maximum Gasteiger partial charge on any atom is 0.326 e. The van der Waals surface area contributed by atoms with E-state index in [9.17, 15) is 9.59 Å². The van der Waals surface area contributed by atoms with Crippen LogP contribution in [0.1, 0.15) is 34.1 Å². The van der Waals surface area contributed by atoms with Crippen LogP contribution in [-0.4, -0.2) is 41.1 Å². The van der Waals surface area contributed by atoms with Gasteiger partial charge in [-0.2, -0.15) is 0 Å². The minimum atomic E-state index is -0.986. The minimum Gasteiger partial charge on any atom is -0.480 e. The number of hydrogen-bond acceptors (Lipinski definition) is 2. The second-order valence-electron chi connectivity index (χ2n) is 4.36. The van der Waals surface area contributed by atoms with E-state index < -0.39 is 12.0 Å². The van der Waals surface area contributed by atoms with Crippen LogP contribution in [0.15, 0.2) is 0 Å². The smallest absolute Gasteiger partial charge is 0.326 e. The average molecular weight is 230 g/mol. The van der Waals surface area contributed by atoms with E-state index >= 15 is 0 Å². The van der Waals surface area contributed by atoms with Crippen molar-refractivity contribution in [3.8, 4) is 0 Å². The number of amides is 2. The molecule has 16 heavy (non-hydrogen) atoms. The molecule has 2 N–H and O–H groups in total. The summed E-state index contributed by atoms with van der Waals surface area (Å²) in [5, 5.41) is 11.5. The summed E-state index contributed by atoms with van der Waals surface area (Å²) in [7, 11) is 1.65. The van der Waals surface area contributed by atoms with Gasteiger partial charge in [0.25, 0.3) is 0 Å². The summed E-state index contributed by atoms with van der Waals surface area (Å²) in [6, 6.07) is -1.12. The van der Waals surface area contributed by atoms with Gasteiger partial charge in [0.05, 0.1) is 0 Å². The molecule has 0 aromatic carbocycles. The zero-order valence-electron chi connectivity index (χ0n) is 10.7. The number of nitrogens with zero attached hydrogens (tertiary/aromatic N) is 1. The Labute approximate surface area is 96.8 Å². The van der Waals surface area contributed by atoms with Gasteiger partial charge in [-0.15, -0.1) is 0 Å². The molecular formula is C11H22N2O3. The second kappa shape index (κ2) is 6.35. The molecule has 2 atom stereocenters. The van der Waals surface area contributed by atoms with Crippen molar-refractivity contribution in [1.29, 1.82) is 0 Å². The van der Waals surface area contributed by atoms with E-state index in [0.29, 0.717) is 6.42 Å². The van der Waals surface area contributed by atoms with Crippen molar-refractivity contribution < 1.29 is 14.7 Å². The summed E-state index contributed by atoms with van der Waals surface area (Å²) < 4.78 is 0. The van der Waals surface area contributed by atoms with E-state index in [1.807, 2.05) is 27.7 Å². The SMILES string of the molecule is CCC(C)[C@H](NC(=O)N(C)C(C)C)C(=O)O. The summed E-state index contributed by atoms with van der Waals surface area (Å²) in [4.78, 5) is 24.2. The van der Waals surface area contributed by atoms with Crippen LogP contribution in [0, 0.1) is 5.92 Å². The standard InChI is InChI=1S/C11H22N2O3/c1-6-8(4)9(10(14)15)12-11(16)13(5)7(2)3/h7-9H,6H2,1-5H3,(H,12,16)(H,14,15)/t8?,9-/m0/s1. The van der Waals surface area contributed by atoms with E-state index in [0.717, 1.165) is 0 Å². The van der Waals surface area contributed by atoms with Gasteiger partial charge in [-0.25, -0.2) is 9.59 Å². The number of urea groups is 1. The van der Waals surface area contributed by atoms with E-state index in [1.165, 1.54) is 4.90 Å². The Morgan fingerprint density at radius 3 is 2.12 bits per heavy atom. The normalized spacial score (nSPS) is 14.4. The Kier molecular flexibility index (Phi) is 5.85. The lowest BCUT2D eigenvalue weighted by atomic mass is 9.99. The molecule has 0 rings (SSSR count). The lowest BCUT2D eigenvalue weighted by Gasteiger charge is -2.26. The zero-order valence-corrected chi connectivity index (χ0v) is 10.7. The number of aliphatic carboxylic acids is 1. The van der Waals surface area contributed by atoms with Crippen molar-refractivity contribution in [2.45, 2.75) is 46.2 Å². The maximum absolute atomic E-state index is 11.7. The Balaban J connectivity index is 4.52. The highest BCUT2D eigenvalue weighted by atomic mass is 16.4. The fourth-order valence-corrected chi connectivity index (χ4v) is 1.15.